The van der Waals surface area contributed by atoms with E-state index in [2.05, 4.69) is 9.97 Å². The maximum atomic E-state index is 13.6. The molecule has 1 aromatic carbocycles. The SMILES string of the molecule is NC1(Cc2nc3c(F)cccc3[nH]2)CCCCC1. The van der Waals surface area contributed by atoms with E-state index in [-0.39, 0.29) is 11.4 Å². The van der Waals surface area contributed by atoms with Crippen LogP contribution in [0.3, 0.4) is 0 Å². The average Bonchev–Trinajstić information content (AvgIpc) is 2.73. The molecule has 18 heavy (non-hydrogen) atoms. The van der Waals surface area contributed by atoms with E-state index in [0.717, 1.165) is 24.2 Å². The van der Waals surface area contributed by atoms with Crippen LogP contribution in [0.15, 0.2) is 18.2 Å². The number of H-pyrrole nitrogens is 1. The third-order valence-electron chi connectivity index (χ3n) is 3.88. The van der Waals surface area contributed by atoms with Crippen LogP contribution in [0.25, 0.3) is 11.0 Å². The molecule has 0 atom stereocenters. The number of aromatic nitrogens is 2. The Labute approximate surface area is 106 Å². The maximum Gasteiger partial charge on any atom is 0.151 e. The van der Waals surface area contributed by atoms with Gasteiger partial charge in [-0.05, 0) is 25.0 Å². The lowest BCUT2D eigenvalue weighted by Crippen LogP contribution is -2.44. The second-order valence-electron chi connectivity index (χ2n) is 5.42. The predicted molar refractivity (Wildman–Crippen MR) is 69.8 cm³/mol. The number of hydrogen-bond acceptors (Lipinski definition) is 2. The third kappa shape index (κ3) is 2.12. The van der Waals surface area contributed by atoms with Crippen LogP contribution < -0.4 is 5.73 Å². The van der Waals surface area contributed by atoms with Gasteiger partial charge in [-0.3, -0.25) is 0 Å². The van der Waals surface area contributed by atoms with Gasteiger partial charge in [0.05, 0.1) is 5.52 Å². The van der Waals surface area contributed by atoms with Gasteiger partial charge in [0.15, 0.2) is 5.82 Å². The van der Waals surface area contributed by atoms with Crippen molar-refractivity contribution in [3.63, 3.8) is 0 Å². The number of nitrogens with two attached hydrogens (primary N) is 1. The van der Waals surface area contributed by atoms with Gasteiger partial charge in [-0.15, -0.1) is 0 Å². The van der Waals surface area contributed by atoms with Crippen LogP contribution in [-0.4, -0.2) is 15.5 Å². The smallest absolute Gasteiger partial charge is 0.151 e. The molecule has 0 spiro atoms. The second kappa shape index (κ2) is 4.35. The molecule has 96 valence electrons. The summed E-state index contributed by atoms with van der Waals surface area (Å²) in [4.78, 5) is 7.52. The fourth-order valence-electron chi connectivity index (χ4n) is 2.90. The van der Waals surface area contributed by atoms with Gasteiger partial charge in [-0.1, -0.05) is 25.3 Å². The first-order chi connectivity index (χ1) is 8.66. The number of rotatable bonds is 2. The molecule has 0 saturated heterocycles. The zero-order valence-corrected chi connectivity index (χ0v) is 10.4. The zero-order chi connectivity index (χ0) is 12.6. The topological polar surface area (TPSA) is 54.7 Å². The Morgan fingerprint density at radius 1 is 1.28 bits per heavy atom. The van der Waals surface area contributed by atoms with E-state index in [1.54, 1.807) is 6.07 Å². The Bertz CT molecular complexity index is 555. The van der Waals surface area contributed by atoms with Crippen molar-refractivity contribution in [2.75, 3.05) is 0 Å². The Balaban J connectivity index is 1.88. The summed E-state index contributed by atoms with van der Waals surface area (Å²) < 4.78 is 13.6. The van der Waals surface area contributed by atoms with Gasteiger partial charge in [-0.25, -0.2) is 9.37 Å². The number of benzene rings is 1. The first kappa shape index (κ1) is 11.7. The first-order valence-electron chi connectivity index (χ1n) is 6.58. The van der Waals surface area contributed by atoms with E-state index in [0.29, 0.717) is 11.9 Å². The highest BCUT2D eigenvalue weighted by Gasteiger charge is 2.28. The molecule has 1 aliphatic carbocycles. The van der Waals surface area contributed by atoms with Crippen LogP contribution in [0.1, 0.15) is 37.9 Å². The Morgan fingerprint density at radius 2 is 2.06 bits per heavy atom. The molecule has 1 aromatic heterocycles. The minimum Gasteiger partial charge on any atom is -0.342 e. The summed E-state index contributed by atoms with van der Waals surface area (Å²) in [6.45, 7) is 0. The third-order valence-corrected chi connectivity index (χ3v) is 3.88. The molecule has 0 aliphatic heterocycles. The predicted octanol–water partition coefficient (Wildman–Crippen LogP) is 2.91. The van der Waals surface area contributed by atoms with E-state index in [1.807, 2.05) is 6.07 Å². The Morgan fingerprint density at radius 3 is 2.78 bits per heavy atom. The van der Waals surface area contributed by atoms with Crippen LogP contribution in [0.5, 0.6) is 0 Å². The van der Waals surface area contributed by atoms with Crippen LogP contribution in [-0.2, 0) is 6.42 Å². The van der Waals surface area contributed by atoms with E-state index in [9.17, 15) is 4.39 Å². The lowest BCUT2D eigenvalue weighted by atomic mass is 9.80. The van der Waals surface area contributed by atoms with Crippen molar-refractivity contribution >= 4 is 11.0 Å². The second-order valence-corrected chi connectivity index (χ2v) is 5.42. The maximum absolute atomic E-state index is 13.6. The summed E-state index contributed by atoms with van der Waals surface area (Å²) in [7, 11) is 0. The first-order valence-corrected chi connectivity index (χ1v) is 6.58. The highest BCUT2D eigenvalue weighted by molar-refractivity contribution is 5.75. The van der Waals surface area contributed by atoms with Gasteiger partial charge in [0.1, 0.15) is 11.3 Å². The summed E-state index contributed by atoms with van der Waals surface area (Å²) >= 11 is 0. The van der Waals surface area contributed by atoms with Crippen LogP contribution in [0, 0.1) is 5.82 Å². The molecule has 0 radical (unpaired) electrons. The molecule has 0 bridgehead atoms. The van der Waals surface area contributed by atoms with Gasteiger partial charge >= 0.3 is 0 Å². The summed E-state index contributed by atoms with van der Waals surface area (Å²) in [5, 5.41) is 0. The number of fused-ring (bicyclic) bond motifs is 1. The highest BCUT2D eigenvalue weighted by Crippen LogP contribution is 2.29. The molecular formula is C14H18FN3. The fraction of sp³-hybridized carbons (Fsp3) is 0.500. The van der Waals surface area contributed by atoms with E-state index in [1.165, 1.54) is 25.3 Å². The van der Waals surface area contributed by atoms with Gasteiger partial charge in [0.25, 0.3) is 0 Å². The summed E-state index contributed by atoms with van der Waals surface area (Å²) in [6, 6.07) is 4.98. The van der Waals surface area contributed by atoms with Crippen LogP contribution in [0.4, 0.5) is 4.39 Å². The summed E-state index contributed by atoms with van der Waals surface area (Å²) in [6.07, 6.45) is 6.42. The number of hydrogen-bond donors (Lipinski definition) is 2. The van der Waals surface area contributed by atoms with E-state index < -0.39 is 0 Å². The van der Waals surface area contributed by atoms with Crippen LogP contribution >= 0.6 is 0 Å². The molecular weight excluding hydrogens is 229 g/mol. The van der Waals surface area contributed by atoms with Crippen molar-refractivity contribution in [1.82, 2.24) is 9.97 Å². The Kier molecular flexibility index (Phi) is 2.82. The molecule has 1 heterocycles. The number of halogens is 1. The molecule has 3 N–H and O–H groups in total. The number of para-hydroxylation sites is 1. The number of nitrogens with one attached hydrogen (secondary N) is 1. The number of aromatic amines is 1. The quantitative estimate of drug-likeness (QED) is 0.857. The molecule has 0 unspecified atom stereocenters. The number of nitrogens with zero attached hydrogens (tertiary/aromatic N) is 1. The van der Waals surface area contributed by atoms with Crippen molar-refractivity contribution in [1.29, 1.82) is 0 Å². The van der Waals surface area contributed by atoms with Crippen molar-refractivity contribution in [3.8, 4) is 0 Å². The molecule has 1 aliphatic rings. The van der Waals surface area contributed by atoms with Gasteiger partial charge < -0.3 is 10.7 Å². The standard InChI is InChI=1S/C14H18FN3/c15-10-5-4-6-11-13(10)18-12(17-11)9-14(16)7-2-1-3-8-14/h4-6H,1-3,7-9,16H2,(H,17,18). The van der Waals surface area contributed by atoms with E-state index in [4.69, 9.17) is 5.73 Å². The van der Waals surface area contributed by atoms with Crippen molar-refractivity contribution in [3.05, 3.63) is 29.8 Å². The molecule has 3 nitrogen and oxygen atoms in total. The molecule has 4 heteroatoms. The minimum atomic E-state index is -0.273. The molecule has 0 amide bonds. The van der Waals surface area contributed by atoms with Crippen molar-refractivity contribution < 1.29 is 4.39 Å². The monoisotopic (exact) mass is 247 g/mol. The van der Waals surface area contributed by atoms with Gasteiger partial charge in [-0.2, -0.15) is 0 Å². The molecule has 3 rings (SSSR count). The molecule has 1 saturated carbocycles. The average molecular weight is 247 g/mol. The van der Waals surface area contributed by atoms with Gasteiger partial charge in [0, 0.05) is 12.0 Å². The lowest BCUT2D eigenvalue weighted by molar-refractivity contribution is 0.290. The van der Waals surface area contributed by atoms with Crippen molar-refractivity contribution in [2.45, 2.75) is 44.1 Å². The van der Waals surface area contributed by atoms with Crippen molar-refractivity contribution in [2.24, 2.45) is 5.73 Å². The normalized spacial score (nSPS) is 19.2. The molecule has 2 aromatic rings. The molecule has 1 fully saturated rings. The largest absolute Gasteiger partial charge is 0.342 e. The fourth-order valence-corrected chi connectivity index (χ4v) is 2.90. The van der Waals surface area contributed by atoms with Gasteiger partial charge in [0.2, 0.25) is 0 Å². The lowest BCUT2D eigenvalue weighted by Gasteiger charge is -2.32. The minimum absolute atomic E-state index is 0.164. The highest BCUT2D eigenvalue weighted by atomic mass is 19.1. The van der Waals surface area contributed by atoms with Crippen LogP contribution in [0.2, 0.25) is 0 Å². The summed E-state index contributed by atoms with van der Waals surface area (Å²) in [5.74, 6) is 0.532. The summed E-state index contributed by atoms with van der Waals surface area (Å²) in [5.41, 5.74) is 7.41. The number of imidazole rings is 1. The Hall–Kier alpha value is -1.42. The van der Waals surface area contributed by atoms with E-state index >= 15 is 0 Å². The zero-order valence-electron chi connectivity index (χ0n) is 10.4.